The molecule has 3 aromatic rings. The van der Waals surface area contributed by atoms with Gasteiger partial charge in [0.1, 0.15) is 18.2 Å². The molecule has 190 valence electrons. The number of hydrogen-bond acceptors (Lipinski definition) is 5. The molecular weight excluding hydrogens is 480 g/mol. The van der Waals surface area contributed by atoms with Crippen LogP contribution >= 0.6 is 0 Å². The summed E-state index contributed by atoms with van der Waals surface area (Å²) in [5, 5.41) is 0. The smallest absolute Gasteiger partial charge is 0.337 e. The summed E-state index contributed by atoms with van der Waals surface area (Å²) < 4.78 is 38.6. The van der Waals surface area contributed by atoms with Crippen LogP contribution in [0, 0.1) is 11.6 Å². The fourth-order valence-electron chi connectivity index (χ4n) is 4.37. The maximum Gasteiger partial charge on any atom is 0.337 e. The Morgan fingerprint density at radius 3 is 2.30 bits per heavy atom. The average Bonchev–Trinajstić information content (AvgIpc) is 2.90. The van der Waals surface area contributed by atoms with Gasteiger partial charge in [-0.1, -0.05) is 48.5 Å². The summed E-state index contributed by atoms with van der Waals surface area (Å²) in [6.07, 6.45) is -0.199. The van der Waals surface area contributed by atoms with Crippen LogP contribution in [0.25, 0.3) is 0 Å². The zero-order valence-corrected chi connectivity index (χ0v) is 20.4. The summed E-state index contributed by atoms with van der Waals surface area (Å²) in [7, 11) is 1.29. The number of amides is 1. The predicted octanol–water partition coefficient (Wildman–Crippen LogP) is 5.28. The number of rotatable bonds is 7. The number of halogens is 2. The molecule has 0 bridgehead atoms. The van der Waals surface area contributed by atoms with Gasteiger partial charge in [0.15, 0.2) is 0 Å². The van der Waals surface area contributed by atoms with Crippen LogP contribution in [0.2, 0.25) is 0 Å². The van der Waals surface area contributed by atoms with Crippen LogP contribution in [0.15, 0.2) is 84.1 Å². The Morgan fingerprint density at radius 2 is 1.65 bits per heavy atom. The van der Waals surface area contributed by atoms with Gasteiger partial charge in [0.05, 0.1) is 24.8 Å². The number of allylic oxidation sites excluding steroid dienone is 1. The highest BCUT2D eigenvalue weighted by Crippen LogP contribution is 2.39. The molecule has 1 heterocycles. The molecule has 0 aliphatic carbocycles. The highest BCUT2D eigenvalue weighted by Gasteiger charge is 2.38. The minimum Gasteiger partial charge on any atom is -0.465 e. The molecule has 1 aliphatic heterocycles. The van der Waals surface area contributed by atoms with Crippen molar-refractivity contribution in [2.24, 2.45) is 0 Å². The van der Waals surface area contributed by atoms with E-state index in [1.165, 1.54) is 18.1 Å². The van der Waals surface area contributed by atoms with Gasteiger partial charge in [-0.2, -0.15) is 0 Å². The second-order valence-corrected chi connectivity index (χ2v) is 8.65. The Kier molecular flexibility index (Phi) is 7.77. The van der Waals surface area contributed by atoms with Crippen molar-refractivity contribution in [3.63, 3.8) is 0 Å². The molecule has 6 nitrogen and oxygen atoms in total. The summed E-state index contributed by atoms with van der Waals surface area (Å²) in [5.74, 6) is -4.03. The number of carbonyl (C=O) groups excluding carboxylic acids is 3. The van der Waals surface area contributed by atoms with Gasteiger partial charge in [-0.25, -0.2) is 18.4 Å². The standard InChI is InChI=1S/C29H25F2NO5/c1-18-27(29(35)37-17-20-6-4-3-5-7-20)24(23-13-12-22(30)14-25(23)31)15-26(33)32(18)16-19-8-10-21(11-9-19)28(34)36-2/h3-14,24H,15-17H2,1-2H3. The Balaban J connectivity index is 1.68. The molecule has 0 fully saturated rings. The number of carbonyl (C=O) groups is 3. The van der Waals surface area contributed by atoms with Crippen LogP contribution < -0.4 is 0 Å². The van der Waals surface area contributed by atoms with Crippen molar-refractivity contribution in [1.29, 1.82) is 0 Å². The Bertz CT molecular complexity index is 1350. The van der Waals surface area contributed by atoms with E-state index in [-0.39, 0.29) is 36.6 Å². The molecule has 0 radical (unpaired) electrons. The molecule has 1 unspecified atom stereocenters. The Morgan fingerprint density at radius 1 is 0.946 bits per heavy atom. The quantitative estimate of drug-likeness (QED) is 0.409. The van der Waals surface area contributed by atoms with Crippen LogP contribution in [0.3, 0.4) is 0 Å². The first-order valence-electron chi connectivity index (χ1n) is 11.6. The maximum absolute atomic E-state index is 14.8. The van der Waals surface area contributed by atoms with Gasteiger partial charge in [-0.05, 0) is 41.8 Å². The van der Waals surface area contributed by atoms with Crippen LogP contribution in [-0.2, 0) is 32.2 Å². The van der Waals surface area contributed by atoms with E-state index < -0.39 is 29.5 Å². The lowest BCUT2D eigenvalue weighted by Crippen LogP contribution is -2.38. The Hall–Kier alpha value is -4.33. The van der Waals surface area contributed by atoms with Crippen molar-refractivity contribution >= 4 is 17.8 Å². The van der Waals surface area contributed by atoms with Crippen LogP contribution in [0.4, 0.5) is 8.78 Å². The van der Waals surface area contributed by atoms with E-state index in [1.54, 1.807) is 43.3 Å². The minimum atomic E-state index is -0.936. The van der Waals surface area contributed by atoms with Crippen molar-refractivity contribution in [2.75, 3.05) is 7.11 Å². The zero-order valence-electron chi connectivity index (χ0n) is 20.4. The number of hydrogen-bond donors (Lipinski definition) is 0. The molecule has 37 heavy (non-hydrogen) atoms. The van der Waals surface area contributed by atoms with Gasteiger partial charge in [0.25, 0.3) is 0 Å². The third kappa shape index (κ3) is 5.74. The topological polar surface area (TPSA) is 72.9 Å². The first kappa shape index (κ1) is 25.8. The molecule has 1 amide bonds. The molecule has 1 aliphatic rings. The van der Waals surface area contributed by atoms with Crippen LogP contribution in [-0.4, -0.2) is 29.9 Å². The zero-order chi connectivity index (χ0) is 26.5. The van der Waals surface area contributed by atoms with Crippen molar-refractivity contribution in [1.82, 2.24) is 4.90 Å². The van der Waals surface area contributed by atoms with Crippen molar-refractivity contribution in [3.05, 3.63) is 118 Å². The maximum atomic E-state index is 14.8. The first-order chi connectivity index (χ1) is 17.8. The van der Waals surface area contributed by atoms with E-state index in [2.05, 4.69) is 0 Å². The molecule has 1 atom stereocenters. The molecular formula is C29H25F2NO5. The van der Waals surface area contributed by atoms with Gasteiger partial charge < -0.3 is 14.4 Å². The highest BCUT2D eigenvalue weighted by molar-refractivity contribution is 5.96. The number of methoxy groups -OCH3 is 1. The fraction of sp³-hybridized carbons (Fsp3) is 0.207. The molecule has 0 aromatic heterocycles. The van der Waals surface area contributed by atoms with Crippen LogP contribution in [0.1, 0.15) is 46.3 Å². The Labute approximate surface area is 213 Å². The van der Waals surface area contributed by atoms with Gasteiger partial charge in [0.2, 0.25) is 5.91 Å². The summed E-state index contributed by atoms with van der Waals surface area (Å²) in [5.41, 5.74) is 2.34. The van der Waals surface area contributed by atoms with E-state index in [9.17, 15) is 23.2 Å². The van der Waals surface area contributed by atoms with Gasteiger partial charge in [0, 0.05) is 24.1 Å². The largest absolute Gasteiger partial charge is 0.465 e. The second kappa shape index (κ2) is 11.2. The molecule has 0 saturated heterocycles. The normalized spacial score (nSPS) is 15.5. The number of benzene rings is 3. The van der Waals surface area contributed by atoms with E-state index in [1.807, 2.05) is 18.2 Å². The van der Waals surface area contributed by atoms with Crippen molar-refractivity contribution in [3.8, 4) is 0 Å². The average molecular weight is 506 g/mol. The van der Waals surface area contributed by atoms with E-state index in [0.29, 0.717) is 16.8 Å². The van der Waals surface area contributed by atoms with E-state index >= 15 is 0 Å². The molecule has 8 heteroatoms. The number of nitrogens with zero attached hydrogens (tertiary/aromatic N) is 1. The van der Waals surface area contributed by atoms with E-state index in [0.717, 1.165) is 17.7 Å². The molecule has 0 saturated carbocycles. The summed E-state index contributed by atoms with van der Waals surface area (Å²) in [6.45, 7) is 1.73. The molecule has 0 N–H and O–H groups in total. The highest BCUT2D eigenvalue weighted by atomic mass is 19.1. The second-order valence-electron chi connectivity index (χ2n) is 8.65. The van der Waals surface area contributed by atoms with Gasteiger partial charge in [-0.3, -0.25) is 4.79 Å². The summed E-state index contributed by atoms with van der Waals surface area (Å²) in [4.78, 5) is 39.7. The first-order valence-corrected chi connectivity index (χ1v) is 11.6. The van der Waals surface area contributed by atoms with Crippen molar-refractivity contribution in [2.45, 2.75) is 32.4 Å². The molecule has 0 spiro atoms. The SMILES string of the molecule is COC(=O)c1ccc(CN2C(=O)CC(c3ccc(F)cc3F)C(C(=O)OCc3ccccc3)=C2C)cc1. The van der Waals surface area contributed by atoms with Gasteiger partial charge in [-0.15, -0.1) is 0 Å². The molecule has 4 rings (SSSR count). The summed E-state index contributed by atoms with van der Waals surface area (Å²) >= 11 is 0. The van der Waals surface area contributed by atoms with E-state index in [4.69, 9.17) is 9.47 Å². The lowest BCUT2D eigenvalue weighted by atomic mass is 9.83. The predicted molar refractivity (Wildman–Crippen MR) is 131 cm³/mol. The fourth-order valence-corrected chi connectivity index (χ4v) is 4.37. The minimum absolute atomic E-state index is 0.00197. The molecule has 3 aromatic carbocycles. The summed E-state index contributed by atoms with van der Waals surface area (Å²) in [6, 6.07) is 18.7. The van der Waals surface area contributed by atoms with Crippen LogP contribution in [0.5, 0.6) is 0 Å². The lowest BCUT2D eigenvalue weighted by Gasteiger charge is -2.34. The van der Waals surface area contributed by atoms with Gasteiger partial charge >= 0.3 is 11.9 Å². The third-order valence-electron chi connectivity index (χ3n) is 6.31. The monoisotopic (exact) mass is 505 g/mol. The number of esters is 2. The third-order valence-corrected chi connectivity index (χ3v) is 6.31. The number of ether oxygens (including phenoxy) is 2. The lowest BCUT2D eigenvalue weighted by molar-refractivity contribution is -0.141. The van der Waals surface area contributed by atoms with Crippen molar-refractivity contribution < 1.29 is 32.6 Å².